The number of anilines is 1. The lowest BCUT2D eigenvalue weighted by molar-refractivity contribution is 0.0940. The van der Waals surface area contributed by atoms with Crippen molar-refractivity contribution in [3.8, 4) is 0 Å². The molecule has 0 saturated carbocycles. The van der Waals surface area contributed by atoms with E-state index in [0.29, 0.717) is 5.69 Å². The van der Waals surface area contributed by atoms with E-state index in [1.165, 1.54) is 35.7 Å². The number of carbonyl (C=O) groups excluding carboxylic acids is 1. The second kappa shape index (κ2) is 7.29. The van der Waals surface area contributed by atoms with Gasteiger partial charge >= 0.3 is 0 Å². The highest BCUT2D eigenvalue weighted by atomic mass is 35.5. The summed E-state index contributed by atoms with van der Waals surface area (Å²) in [5.74, 6) is -0.347. The zero-order chi connectivity index (χ0) is 18.9. The van der Waals surface area contributed by atoms with Gasteiger partial charge in [-0.25, -0.2) is 8.42 Å². The molecule has 2 aromatic carbocycles. The lowest BCUT2D eigenvalue weighted by Gasteiger charge is -2.17. The van der Waals surface area contributed by atoms with Crippen LogP contribution in [0, 0.1) is 0 Å². The first-order chi connectivity index (χ1) is 12.2. The number of carbonyl (C=O) groups is 1. The van der Waals surface area contributed by atoms with Crippen molar-refractivity contribution >= 4 is 33.2 Å². The fourth-order valence-electron chi connectivity index (χ4n) is 3.20. The number of halogens is 1. The average molecular weight is 393 g/mol. The molecule has 0 saturated heterocycles. The summed E-state index contributed by atoms with van der Waals surface area (Å²) >= 11 is 6.13. The minimum absolute atomic E-state index is 0.184. The van der Waals surface area contributed by atoms with E-state index in [2.05, 4.69) is 22.2 Å². The van der Waals surface area contributed by atoms with Gasteiger partial charge in [-0.1, -0.05) is 29.8 Å². The predicted molar refractivity (Wildman–Crippen MR) is 104 cm³/mol. The number of benzene rings is 2. The number of sulfonamides is 1. The smallest absolute Gasteiger partial charge is 0.253 e. The van der Waals surface area contributed by atoms with Crippen LogP contribution in [0.4, 0.5) is 5.69 Å². The predicted octanol–water partition coefficient (Wildman–Crippen LogP) is 3.69. The summed E-state index contributed by atoms with van der Waals surface area (Å²) < 4.78 is 25.1. The molecule has 0 fully saturated rings. The molecule has 2 N–H and O–H groups in total. The highest BCUT2D eigenvalue weighted by Gasteiger charge is 2.18. The van der Waals surface area contributed by atoms with Crippen LogP contribution in [-0.4, -0.2) is 20.6 Å². The highest BCUT2D eigenvalue weighted by molar-refractivity contribution is 7.92. The van der Waals surface area contributed by atoms with Crippen LogP contribution in [0.15, 0.2) is 36.4 Å². The van der Waals surface area contributed by atoms with Gasteiger partial charge in [0.25, 0.3) is 5.91 Å². The Morgan fingerprint density at radius 1 is 1.12 bits per heavy atom. The topological polar surface area (TPSA) is 75.3 Å². The Labute approximate surface area is 158 Å². The van der Waals surface area contributed by atoms with Gasteiger partial charge in [-0.3, -0.25) is 9.52 Å². The summed E-state index contributed by atoms with van der Waals surface area (Å²) in [6.07, 6.45) is 4.42. The van der Waals surface area contributed by atoms with Crippen molar-refractivity contribution < 1.29 is 13.2 Å². The van der Waals surface area contributed by atoms with Gasteiger partial charge in [0, 0.05) is 5.69 Å². The molecular formula is C19H21ClN2O3S. The number of hydrogen-bond acceptors (Lipinski definition) is 3. The van der Waals surface area contributed by atoms with Crippen LogP contribution in [0.3, 0.4) is 0 Å². The van der Waals surface area contributed by atoms with Crippen LogP contribution in [0.25, 0.3) is 0 Å². The SMILES string of the molecule is C[C@H](NC(=O)c1cc(NS(C)(=O)=O)ccc1Cl)c1ccc2c(c1)CCC2. The monoisotopic (exact) mass is 392 g/mol. The third-order valence-electron chi connectivity index (χ3n) is 4.48. The van der Waals surface area contributed by atoms with Gasteiger partial charge in [0.15, 0.2) is 0 Å². The van der Waals surface area contributed by atoms with Gasteiger partial charge in [0.1, 0.15) is 0 Å². The van der Waals surface area contributed by atoms with Gasteiger partial charge in [-0.2, -0.15) is 0 Å². The summed E-state index contributed by atoms with van der Waals surface area (Å²) in [7, 11) is -3.43. The molecule has 0 aliphatic heterocycles. The summed E-state index contributed by atoms with van der Waals surface area (Å²) in [5.41, 5.74) is 4.30. The van der Waals surface area contributed by atoms with Crippen LogP contribution in [0.1, 0.15) is 46.4 Å². The molecule has 2 aromatic rings. The normalized spacial score (nSPS) is 14.6. The molecule has 3 rings (SSSR count). The lowest BCUT2D eigenvalue weighted by Crippen LogP contribution is -2.27. The molecule has 0 bridgehead atoms. The van der Waals surface area contributed by atoms with Gasteiger partial charge in [-0.05, 0) is 61.1 Å². The second-order valence-corrected chi connectivity index (χ2v) is 8.80. The lowest BCUT2D eigenvalue weighted by atomic mass is 10.0. The van der Waals surface area contributed by atoms with Crippen molar-refractivity contribution in [3.05, 3.63) is 63.7 Å². The molecular weight excluding hydrogens is 372 g/mol. The van der Waals surface area contributed by atoms with E-state index in [1.807, 2.05) is 13.0 Å². The Morgan fingerprint density at radius 2 is 1.85 bits per heavy atom. The van der Waals surface area contributed by atoms with Gasteiger partial charge < -0.3 is 5.32 Å². The number of amides is 1. The second-order valence-electron chi connectivity index (χ2n) is 6.65. The Hall–Kier alpha value is -2.05. The Kier molecular flexibility index (Phi) is 5.25. The fraction of sp³-hybridized carbons (Fsp3) is 0.316. The Bertz CT molecular complexity index is 957. The first kappa shape index (κ1) is 18.7. The number of hydrogen-bond donors (Lipinski definition) is 2. The van der Waals surface area contributed by atoms with Crippen molar-refractivity contribution in [2.24, 2.45) is 0 Å². The van der Waals surface area contributed by atoms with Crippen LogP contribution >= 0.6 is 11.6 Å². The fourth-order valence-corrected chi connectivity index (χ4v) is 3.95. The van der Waals surface area contributed by atoms with E-state index in [-0.39, 0.29) is 22.5 Å². The Morgan fingerprint density at radius 3 is 2.58 bits per heavy atom. The summed E-state index contributed by atoms with van der Waals surface area (Å²) in [5, 5.41) is 3.20. The van der Waals surface area contributed by atoms with Crippen molar-refractivity contribution in [1.82, 2.24) is 5.32 Å². The molecule has 0 unspecified atom stereocenters. The third kappa shape index (κ3) is 4.37. The van der Waals surface area contributed by atoms with Crippen LogP contribution < -0.4 is 10.0 Å². The zero-order valence-electron chi connectivity index (χ0n) is 14.7. The summed E-state index contributed by atoms with van der Waals surface area (Å²) in [6.45, 7) is 1.92. The van der Waals surface area contributed by atoms with Crippen LogP contribution in [0.5, 0.6) is 0 Å². The molecule has 26 heavy (non-hydrogen) atoms. The van der Waals surface area contributed by atoms with E-state index in [0.717, 1.165) is 24.7 Å². The number of fused-ring (bicyclic) bond motifs is 1. The van der Waals surface area contributed by atoms with Gasteiger partial charge in [-0.15, -0.1) is 0 Å². The molecule has 5 nitrogen and oxygen atoms in total. The van der Waals surface area contributed by atoms with Crippen molar-refractivity contribution in [2.45, 2.75) is 32.2 Å². The van der Waals surface area contributed by atoms with E-state index < -0.39 is 10.0 Å². The maximum absolute atomic E-state index is 12.6. The minimum atomic E-state index is -3.43. The molecule has 0 heterocycles. The zero-order valence-corrected chi connectivity index (χ0v) is 16.2. The first-order valence-corrected chi connectivity index (χ1v) is 10.7. The first-order valence-electron chi connectivity index (χ1n) is 8.43. The molecule has 1 atom stereocenters. The number of aryl methyl sites for hydroxylation is 2. The molecule has 7 heteroatoms. The maximum Gasteiger partial charge on any atom is 0.253 e. The molecule has 0 radical (unpaired) electrons. The van der Waals surface area contributed by atoms with Crippen LogP contribution in [-0.2, 0) is 22.9 Å². The maximum atomic E-state index is 12.6. The molecule has 0 spiro atoms. The molecule has 0 aromatic heterocycles. The van der Waals surface area contributed by atoms with Gasteiger partial charge in [0.05, 0.1) is 22.9 Å². The van der Waals surface area contributed by atoms with Crippen LogP contribution in [0.2, 0.25) is 5.02 Å². The quantitative estimate of drug-likeness (QED) is 0.814. The van der Waals surface area contributed by atoms with Crippen molar-refractivity contribution in [1.29, 1.82) is 0 Å². The molecule has 1 amide bonds. The highest BCUT2D eigenvalue weighted by Crippen LogP contribution is 2.26. The standard InChI is InChI=1S/C19H21ClN2O3S/c1-12(14-7-6-13-4-3-5-15(13)10-14)21-19(23)17-11-16(8-9-18(17)20)22-26(2,24)25/h6-12,22H,3-5H2,1-2H3,(H,21,23)/t12-/m0/s1. The van der Waals surface area contributed by atoms with Gasteiger partial charge in [0.2, 0.25) is 10.0 Å². The largest absolute Gasteiger partial charge is 0.345 e. The number of rotatable bonds is 5. The van der Waals surface area contributed by atoms with E-state index in [1.54, 1.807) is 0 Å². The molecule has 1 aliphatic carbocycles. The van der Waals surface area contributed by atoms with E-state index in [4.69, 9.17) is 11.6 Å². The summed E-state index contributed by atoms with van der Waals surface area (Å²) in [4.78, 5) is 12.6. The number of nitrogens with one attached hydrogen (secondary N) is 2. The third-order valence-corrected chi connectivity index (χ3v) is 5.42. The Balaban J connectivity index is 1.78. The van der Waals surface area contributed by atoms with E-state index in [9.17, 15) is 13.2 Å². The molecule has 1 aliphatic rings. The average Bonchev–Trinajstić information content (AvgIpc) is 3.02. The summed E-state index contributed by atoms with van der Waals surface area (Å²) in [6, 6.07) is 10.6. The minimum Gasteiger partial charge on any atom is -0.345 e. The molecule has 138 valence electrons. The van der Waals surface area contributed by atoms with Crippen molar-refractivity contribution in [2.75, 3.05) is 11.0 Å². The van der Waals surface area contributed by atoms with Crippen molar-refractivity contribution in [3.63, 3.8) is 0 Å². The van der Waals surface area contributed by atoms with E-state index >= 15 is 0 Å².